The van der Waals surface area contributed by atoms with Crippen LogP contribution in [0.3, 0.4) is 0 Å². The van der Waals surface area contributed by atoms with Crippen LogP contribution < -0.4 is 0 Å². The van der Waals surface area contributed by atoms with Crippen molar-refractivity contribution < 1.29 is 4.79 Å². The number of hydrogen-bond donors (Lipinski definition) is 0. The van der Waals surface area contributed by atoms with Gasteiger partial charge in [0.05, 0.1) is 11.6 Å². The van der Waals surface area contributed by atoms with Crippen molar-refractivity contribution in [3.63, 3.8) is 0 Å². The number of rotatable bonds is 5. The van der Waals surface area contributed by atoms with Crippen molar-refractivity contribution >= 4 is 12.0 Å². The maximum atomic E-state index is 12.5. The van der Waals surface area contributed by atoms with Crippen molar-refractivity contribution in [2.75, 3.05) is 0 Å². The van der Waals surface area contributed by atoms with Crippen LogP contribution in [0.5, 0.6) is 0 Å². The Morgan fingerprint density at radius 3 is 2.61 bits per heavy atom. The monoisotopic (exact) mass is 305 g/mol. The molecule has 4 heteroatoms. The standard InChI is InChI=1S/C19H19N3O/c1-15(2)22(14-18-4-3-11-21-13-18)19(23)10-9-16-5-7-17(12-20)8-6-16/h3-11,13,15H,14H2,1-2H3/b10-9+. The van der Waals surface area contributed by atoms with E-state index in [2.05, 4.69) is 11.1 Å². The van der Waals surface area contributed by atoms with Crippen LogP contribution in [0.2, 0.25) is 0 Å². The van der Waals surface area contributed by atoms with E-state index in [0.717, 1.165) is 11.1 Å². The van der Waals surface area contributed by atoms with Gasteiger partial charge < -0.3 is 4.90 Å². The highest BCUT2D eigenvalue weighted by molar-refractivity contribution is 5.92. The molecule has 23 heavy (non-hydrogen) atoms. The third-order valence-corrected chi connectivity index (χ3v) is 3.44. The number of hydrogen-bond acceptors (Lipinski definition) is 3. The molecule has 0 aliphatic rings. The molecule has 1 aromatic carbocycles. The lowest BCUT2D eigenvalue weighted by Crippen LogP contribution is -2.35. The van der Waals surface area contributed by atoms with E-state index in [-0.39, 0.29) is 11.9 Å². The molecule has 0 spiro atoms. The molecule has 4 nitrogen and oxygen atoms in total. The lowest BCUT2D eigenvalue weighted by molar-refractivity contribution is -0.128. The Morgan fingerprint density at radius 2 is 2.04 bits per heavy atom. The molecule has 0 aliphatic carbocycles. The Bertz CT molecular complexity index is 713. The summed E-state index contributed by atoms with van der Waals surface area (Å²) in [4.78, 5) is 18.3. The minimum atomic E-state index is -0.0480. The average molecular weight is 305 g/mol. The van der Waals surface area contributed by atoms with Crippen molar-refractivity contribution in [3.8, 4) is 6.07 Å². The van der Waals surface area contributed by atoms with Gasteiger partial charge >= 0.3 is 0 Å². The quantitative estimate of drug-likeness (QED) is 0.795. The summed E-state index contributed by atoms with van der Waals surface area (Å²) >= 11 is 0. The first-order chi connectivity index (χ1) is 11.1. The topological polar surface area (TPSA) is 57.0 Å². The molecule has 0 saturated heterocycles. The molecular weight excluding hydrogens is 286 g/mol. The van der Waals surface area contributed by atoms with Gasteiger partial charge in [0, 0.05) is 31.1 Å². The van der Waals surface area contributed by atoms with Gasteiger partial charge in [0.25, 0.3) is 0 Å². The predicted molar refractivity (Wildman–Crippen MR) is 90.1 cm³/mol. The predicted octanol–water partition coefficient (Wildman–Crippen LogP) is 3.40. The number of pyridine rings is 1. The van der Waals surface area contributed by atoms with Gasteiger partial charge in [-0.3, -0.25) is 9.78 Å². The SMILES string of the molecule is CC(C)N(Cc1cccnc1)C(=O)/C=C/c1ccc(C#N)cc1. The van der Waals surface area contributed by atoms with Gasteiger partial charge in [0.15, 0.2) is 0 Å². The number of benzene rings is 1. The highest BCUT2D eigenvalue weighted by atomic mass is 16.2. The summed E-state index contributed by atoms with van der Waals surface area (Å²) in [6.45, 7) is 4.51. The molecule has 2 aromatic rings. The van der Waals surface area contributed by atoms with Crippen molar-refractivity contribution in [1.82, 2.24) is 9.88 Å². The summed E-state index contributed by atoms with van der Waals surface area (Å²) in [5, 5.41) is 8.79. The maximum Gasteiger partial charge on any atom is 0.247 e. The second-order valence-corrected chi connectivity index (χ2v) is 5.49. The molecule has 0 N–H and O–H groups in total. The van der Waals surface area contributed by atoms with Gasteiger partial charge in [-0.2, -0.15) is 5.26 Å². The van der Waals surface area contributed by atoms with E-state index in [4.69, 9.17) is 5.26 Å². The summed E-state index contributed by atoms with van der Waals surface area (Å²) in [5.74, 6) is -0.0480. The highest BCUT2D eigenvalue weighted by Crippen LogP contribution is 2.10. The fraction of sp³-hybridized carbons (Fsp3) is 0.211. The zero-order chi connectivity index (χ0) is 16.7. The van der Waals surface area contributed by atoms with Gasteiger partial charge in [0.2, 0.25) is 5.91 Å². The molecule has 0 aliphatic heterocycles. The normalized spacial score (nSPS) is 10.7. The van der Waals surface area contributed by atoms with Crippen molar-refractivity contribution in [1.29, 1.82) is 5.26 Å². The first-order valence-corrected chi connectivity index (χ1v) is 7.48. The lowest BCUT2D eigenvalue weighted by Gasteiger charge is -2.25. The van der Waals surface area contributed by atoms with E-state index in [0.29, 0.717) is 12.1 Å². The largest absolute Gasteiger partial charge is 0.332 e. The van der Waals surface area contributed by atoms with Crippen LogP contribution in [0.1, 0.15) is 30.5 Å². The van der Waals surface area contributed by atoms with Crippen LogP contribution in [-0.4, -0.2) is 21.8 Å². The van der Waals surface area contributed by atoms with Gasteiger partial charge in [-0.15, -0.1) is 0 Å². The molecule has 0 saturated carbocycles. The second-order valence-electron chi connectivity index (χ2n) is 5.49. The van der Waals surface area contributed by atoms with Crippen LogP contribution in [0, 0.1) is 11.3 Å². The fourth-order valence-electron chi connectivity index (χ4n) is 2.14. The molecular formula is C19H19N3O. The molecule has 0 radical (unpaired) electrons. The van der Waals surface area contributed by atoms with Crippen molar-refractivity contribution in [3.05, 3.63) is 71.6 Å². The first kappa shape index (κ1) is 16.4. The molecule has 2 rings (SSSR count). The number of nitrogens with zero attached hydrogens (tertiary/aromatic N) is 3. The van der Waals surface area contributed by atoms with E-state index >= 15 is 0 Å². The minimum Gasteiger partial charge on any atom is -0.332 e. The van der Waals surface area contributed by atoms with Gasteiger partial charge in [0.1, 0.15) is 0 Å². The number of amides is 1. The number of aromatic nitrogens is 1. The van der Waals surface area contributed by atoms with Crippen LogP contribution in [0.4, 0.5) is 0 Å². The van der Waals surface area contributed by atoms with Crippen LogP contribution in [0.15, 0.2) is 54.9 Å². The molecule has 1 heterocycles. The number of carbonyl (C=O) groups excluding carboxylic acids is 1. The molecule has 116 valence electrons. The summed E-state index contributed by atoms with van der Waals surface area (Å²) < 4.78 is 0. The maximum absolute atomic E-state index is 12.5. The Hall–Kier alpha value is -2.93. The van der Waals surface area contributed by atoms with Gasteiger partial charge in [-0.05, 0) is 49.2 Å². The van der Waals surface area contributed by atoms with Gasteiger partial charge in [-0.1, -0.05) is 18.2 Å². The lowest BCUT2D eigenvalue weighted by atomic mass is 10.1. The number of nitriles is 1. The Morgan fingerprint density at radius 1 is 1.30 bits per heavy atom. The Kier molecular flexibility index (Phi) is 5.65. The zero-order valence-corrected chi connectivity index (χ0v) is 13.3. The zero-order valence-electron chi connectivity index (χ0n) is 13.3. The molecule has 0 fully saturated rings. The number of carbonyl (C=O) groups is 1. The van der Waals surface area contributed by atoms with Crippen LogP contribution in [-0.2, 0) is 11.3 Å². The second kappa shape index (κ2) is 7.90. The van der Waals surface area contributed by atoms with Crippen LogP contribution >= 0.6 is 0 Å². The minimum absolute atomic E-state index is 0.0480. The van der Waals surface area contributed by atoms with Gasteiger partial charge in [-0.25, -0.2) is 0 Å². The van der Waals surface area contributed by atoms with E-state index < -0.39 is 0 Å². The summed E-state index contributed by atoms with van der Waals surface area (Å²) in [5.41, 5.74) is 2.50. The fourth-order valence-corrected chi connectivity index (χ4v) is 2.14. The summed E-state index contributed by atoms with van der Waals surface area (Å²) in [7, 11) is 0. The summed E-state index contributed by atoms with van der Waals surface area (Å²) in [6.07, 6.45) is 6.82. The highest BCUT2D eigenvalue weighted by Gasteiger charge is 2.14. The van der Waals surface area contributed by atoms with E-state index in [9.17, 15) is 4.79 Å². The Balaban J connectivity index is 2.08. The molecule has 1 amide bonds. The third-order valence-electron chi connectivity index (χ3n) is 3.44. The average Bonchev–Trinajstić information content (AvgIpc) is 2.58. The molecule has 0 bridgehead atoms. The van der Waals surface area contributed by atoms with E-state index in [1.807, 2.05) is 38.1 Å². The first-order valence-electron chi connectivity index (χ1n) is 7.48. The van der Waals surface area contributed by atoms with E-state index in [1.54, 1.807) is 41.6 Å². The van der Waals surface area contributed by atoms with E-state index in [1.165, 1.54) is 0 Å². The Labute approximate surface area is 136 Å². The van der Waals surface area contributed by atoms with Crippen LogP contribution in [0.25, 0.3) is 6.08 Å². The van der Waals surface area contributed by atoms with Crippen molar-refractivity contribution in [2.24, 2.45) is 0 Å². The molecule has 1 aromatic heterocycles. The van der Waals surface area contributed by atoms with Crippen molar-refractivity contribution in [2.45, 2.75) is 26.4 Å². The third kappa shape index (κ3) is 4.79. The smallest absolute Gasteiger partial charge is 0.247 e. The summed E-state index contributed by atoms with van der Waals surface area (Å²) in [6, 6.07) is 13.1. The molecule has 0 unspecified atom stereocenters. The molecule has 0 atom stereocenters.